The highest BCUT2D eigenvalue weighted by atomic mass is 32.2. The molecule has 1 aromatic rings. The molecule has 0 aliphatic rings. The predicted octanol–water partition coefficient (Wildman–Crippen LogP) is 0.266. The van der Waals surface area contributed by atoms with E-state index in [-0.39, 0.29) is 5.56 Å². The summed E-state index contributed by atoms with van der Waals surface area (Å²) >= 11 is -2.59. The molecule has 0 saturated carbocycles. The van der Waals surface area contributed by atoms with Crippen LogP contribution in [0.25, 0.3) is 0 Å². The summed E-state index contributed by atoms with van der Waals surface area (Å²) in [7, 11) is 0. The third-order valence-corrected chi connectivity index (χ3v) is 1.73. The lowest BCUT2D eigenvalue weighted by atomic mass is 10.2. The lowest BCUT2D eigenvalue weighted by Gasteiger charge is -2.01. The highest BCUT2D eigenvalue weighted by molar-refractivity contribution is 7.74. The van der Waals surface area contributed by atoms with Crippen molar-refractivity contribution in [2.24, 2.45) is 5.84 Å². The second-order valence-electron chi connectivity index (χ2n) is 2.31. The van der Waals surface area contributed by atoms with Crippen LogP contribution in [0.2, 0.25) is 0 Å². The lowest BCUT2D eigenvalue weighted by molar-refractivity contribution is 0.0743. The molecule has 14 heavy (non-hydrogen) atoms. The Morgan fingerprint density at radius 3 is 2.43 bits per heavy atom. The molecular weight excluding hydrogens is 208 g/mol. The highest BCUT2D eigenvalue weighted by Crippen LogP contribution is 2.09. The Morgan fingerprint density at radius 2 is 2.00 bits per heavy atom. The van der Waals surface area contributed by atoms with Crippen molar-refractivity contribution in [2.45, 2.75) is 0 Å². The molecule has 0 aromatic heterocycles. The maximum atomic E-state index is 11.0. The largest absolute Gasteiger partial charge is 0.360 e. The molecule has 0 bridgehead atoms. The van der Waals surface area contributed by atoms with Gasteiger partial charge in [0.05, 0.1) is 5.56 Å². The van der Waals surface area contributed by atoms with Crippen LogP contribution in [0.5, 0.6) is 0 Å². The van der Waals surface area contributed by atoms with E-state index in [1.165, 1.54) is 24.3 Å². The molecule has 76 valence electrons. The first-order chi connectivity index (χ1) is 6.63. The Kier molecular flexibility index (Phi) is 3.57. The van der Waals surface area contributed by atoms with Crippen molar-refractivity contribution in [1.29, 1.82) is 0 Å². The fraction of sp³-hybridized carbons (Fsp3) is 0. The number of anilines is 1. The second-order valence-corrected chi connectivity index (χ2v) is 2.91. The van der Waals surface area contributed by atoms with Crippen molar-refractivity contribution in [3.05, 3.63) is 29.8 Å². The number of nitrogens with two attached hydrogens (primary N) is 1. The average Bonchev–Trinajstić information content (AvgIpc) is 2.17. The summed E-state index contributed by atoms with van der Waals surface area (Å²) in [6, 6.07) is 5.92. The molecule has 7 heteroatoms. The molecule has 1 atom stereocenters. The zero-order chi connectivity index (χ0) is 10.6. The van der Waals surface area contributed by atoms with Crippen molar-refractivity contribution in [1.82, 2.24) is 0 Å². The van der Waals surface area contributed by atoms with Gasteiger partial charge in [0.25, 0.3) is 0 Å². The summed E-state index contributed by atoms with van der Waals surface area (Å²) in [6.45, 7) is 0. The molecule has 1 unspecified atom stereocenters. The zero-order valence-corrected chi connectivity index (χ0v) is 7.78. The Hall–Kier alpha value is -1.44. The van der Waals surface area contributed by atoms with Crippen LogP contribution in [-0.2, 0) is 15.5 Å². The summed E-state index contributed by atoms with van der Waals surface area (Å²) in [5.74, 6) is 4.24. The summed E-state index contributed by atoms with van der Waals surface area (Å²) in [4.78, 5) is 11.0. The summed E-state index contributed by atoms with van der Waals surface area (Å²) < 4.78 is 22.5. The van der Waals surface area contributed by atoms with Gasteiger partial charge in [-0.2, -0.15) is 4.21 Å². The lowest BCUT2D eigenvalue weighted by Crippen LogP contribution is -2.09. The van der Waals surface area contributed by atoms with Crippen LogP contribution in [0.4, 0.5) is 5.69 Å². The van der Waals surface area contributed by atoms with Gasteiger partial charge in [-0.25, -0.2) is 4.79 Å². The monoisotopic (exact) mass is 216 g/mol. The van der Waals surface area contributed by atoms with Crippen LogP contribution in [0.3, 0.4) is 0 Å². The van der Waals surface area contributed by atoms with Crippen LogP contribution in [-0.4, -0.2) is 14.7 Å². The number of hydrazine groups is 1. The molecule has 0 radical (unpaired) electrons. The van der Waals surface area contributed by atoms with E-state index >= 15 is 0 Å². The van der Waals surface area contributed by atoms with Gasteiger partial charge < -0.3 is 9.61 Å². The minimum Gasteiger partial charge on any atom is -0.339 e. The average molecular weight is 216 g/mol. The van der Waals surface area contributed by atoms with Crippen molar-refractivity contribution in [2.75, 3.05) is 5.43 Å². The first-order valence-electron chi connectivity index (χ1n) is 3.53. The van der Waals surface area contributed by atoms with Crippen molar-refractivity contribution in [3.8, 4) is 0 Å². The van der Waals surface area contributed by atoms with Gasteiger partial charge in [-0.15, -0.1) is 0 Å². The Labute approximate surface area is 82.5 Å². The van der Waals surface area contributed by atoms with Gasteiger partial charge in [0.1, 0.15) is 0 Å². The predicted molar refractivity (Wildman–Crippen MR) is 50.4 cm³/mol. The van der Waals surface area contributed by atoms with Gasteiger partial charge in [-0.1, -0.05) is 0 Å². The molecule has 6 nitrogen and oxygen atoms in total. The number of rotatable bonds is 3. The van der Waals surface area contributed by atoms with Crippen molar-refractivity contribution >= 4 is 23.0 Å². The summed E-state index contributed by atoms with van der Waals surface area (Å²) in [5, 5.41) is 0. The molecule has 4 N–H and O–H groups in total. The maximum absolute atomic E-state index is 11.0. The van der Waals surface area contributed by atoms with E-state index in [0.29, 0.717) is 5.69 Å². The Balaban J connectivity index is 2.76. The third-order valence-electron chi connectivity index (χ3n) is 1.43. The van der Waals surface area contributed by atoms with Gasteiger partial charge in [0, 0.05) is 5.69 Å². The van der Waals surface area contributed by atoms with Crippen LogP contribution < -0.4 is 11.3 Å². The van der Waals surface area contributed by atoms with E-state index in [4.69, 9.17) is 10.4 Å². The number of benzene rings is 1. The second kappa shape index (κ2) is 4.70. The fourth-order valence-corrected chi connectivity index (χ4v) is 1.04. The summed E-state index contributed by atoms with van der Waals surface area (Å²) in [6.07, 6.45) is 0. The van der Waals surface area contributed by atoms with E-state index in [1.54, 1.807) is 0 Å². The molecule has 0 heterocycles. The highest BCUT2D eigenvalue weighted by Gasteiger charge is 2.09. The molecular formula is C7H8N2O4S. The number of nitrogen functional groups attached to an aromatic ring is 1. The van der Waals surface area contributed by atoms with Gasteiger partial charge in [0.15, 0.2) is 0 Å². The van der Waals surface area contributed by atoms with Gasteiger partial charge in [-0.3, -0.25) is 10.4 Å². The van der Waals surface area contributed by atoms with Crippen LogP contribution >= 0.6 is 0 Å². The summed E-state index contributed by atoms with van der Waals surface area (Å²) in [5.41, 5.74) is 3.16. The van der Waals surface area contributed by atoms with Crippen molar-refractivity contribution < 1.29 is 17.7 Å². The van der Waals surface area contributed by atoms with E-state index in [9.17, 15) is 9.00 Å². The topological polar surface area (TPSA) is 102 Å². The number of carbonyl (C=O) groups is 1. The molecule has 0 amide bonds. The first kappa shape index (κ1) is 10.6. The van der Waals surface area contributed by atoms with Gasteiger partial charge in [-0.05, 0) is 24.3 Å². The molecule has 0 aliphatic heterocycles. The normalized spacial score (nSPS) is 11.9. The number of hydrogen-bond donors (Lipinski definition) is 3. The number of hydrogen-bond acceptors (Lipinski definition) is 5. The third kappa shape index (κ3) is 2.80. The van der Waals surface area contributed by atoms with Crippen molar-refractivity contribution in [3.63, 3.8) is 0 Å². The molecule has 0 spiro atoms. The number of carbonyl (C=O) groups excluding carboxylic acids is 1. The first-order valence-corrected chi connectivity index (χ1v) is 4.57. The smallest absolute Gasteiger partial charge is 0.339 e. The SMILES string of the molecule is NNc1ccc(C(=O)OS(=O)O)cc1. The molecule has 1 rings (SSSR count). The molecule has 0 saturated heterocycles. The molecule has 0 aliphatic carbocycles. The zero-order valence-electron chi connectivity index (χ0n) is 6.97. The minimum absolute atomic E-state index is 0.173. The van der Waals surface area contributed by atoms with E-state index in [2.05, 4.69) is 9.61 Å². The maximum Gasteiger partial charge on any atom is 0.360 e. The molecule has 0 fully saturated rings. The Morgan fingerprint density at radius 1 is 1.43 bits per heavy atom. The Bertz CT molecular complexity index is 351. The van der Waals surface area contributed by atoms with Crippen LogP contribution in [0.15, 0.2) is 24.3 Å². The van der Waals surface area contributed by atoms with Gasteiger partial charge in [0.2, 0.25) is 0 Å². The minimum atomic E-state index is -2.59. The van der Waals surface area contributed by atoms with Crippen LogP contribution in [0, 0.1) is 0 Å². The quantitative estimate of drug-likeness (QED) is 0.380. The standard InChI is InChI=1S/C7H8N2O4S/c8-9-6-3-1-5(2-4-6)7(10)13-14(11)12/h1-4,9H,8H2,(H,11,12). The van der Waals surface area contributed by atoms with Gasteiger partial charge >= 0.3 is 17.3 Å². The van der Waals surface area contributed by atoms with E-state index in [1.807, 2.05) is 0 Å². The van der Waals surface area contributed by atoms with E-state index < -0.39 is 17.3 Å². The van der Waals surface area contributed by atoms with E-state index in [0.717, 1.165) is 0 Å². The fourth-order valence-electron chi connectivity index (χ4n) is 0.815. The number of nitrogens with one attached hydrogen (secondary N) is 1. The van der Waals surface area contributed by atoms with Crippen LogP contribution in [0.1, 0.15) is 10.4 Å². The molecule has 1 aromatic carbocycles.